The van der Waals surface area contributed by atoms with Crippen LogP contribution in [0.15, 0.2) is 0 Å². The van der Waals surface area contributed by atoms with Crippen molar-refractivity contribution in [1.29, 1.82) is 0 Å². The lowest BCUT2D eigenvalue weighted by Crippen LogP contribution is -2.41. The molecular formula is C14H29NO3. The fourth-order valence-electron chi connectivity index (χ4n) is 2.56. The maximum Gasteiger partial charge on any atom is 0.0900 e. The van der Waals surface area contributed by atoms with Gasteiger partial charge in [0.05, 0.1) is 25.4 Å². The zero-order valence-corrected chi connectivity index (χ0v) is 12.1. The molecule has 1 aliphatic heterocycles. The summed E-state index contributed by atoms with van der Waals surface area (Å²) in [5.41, 5.74) is 0. The van der Waals surface area contributed by atoms with Gasteiger partial charge in [-0.2, -0.15) is 0 Å². The van der Waals surface area contributed by atoms with Crippen LogP contribution < -0.4 is 0 Å². The number of hydrogen-bond acceptors (Lipinski definition) is 4. The number of aliphatic hydroxyl groups excluding tert-OH is 1. The SMILES string of the molecule is CCC1CCCN(CC(O)COC(C)COC)C1. The Kier molecular flexibility index (Phi) is 7.82. The van der Waals surface area contributed by atoms with Gasteiger partial charge in [-0.05, 0) is 32.2 Å². The molecule has 18 heavy (non-hydrogen) atoms. The van der Waals surface area contributed by atoms with Crippen LogP contribution in [0, 0.1) is 5.92 Å². The highest BCUT2D eigenvalue weighted by atomic mass is 16.5. The van der Waals surface area contributed by atoms with Crippen LogP contribution in [0.3, 0.4) is 0 Å². The highest BCUT2D eigenvalue weighted by Crippen LogP contribution is 2.19. The van der Waals surface area contributed by atoms with Gasteiger partial charge in [0.1, 0.15) is 0 Å². The van der Waals surface area contributed by atoms with Crippen LogP contribution in [0.4, 0.5) is 0 Å². The van der Waals surface area contributed by atoms with E-state index in [1.54, 1.807) is 7.11 Å². The minimum Gasteiger partial charge on any atom is -0.389 e. The largest absolute Gasteiger partial charge is 0.389 e. The van der Waals surface area contributed by atoms with Crippen LogP contribution in [0.1, 0.15) is 33.1 Å². The second-order valence-electron chi connectivity index (χ2n) is 5.43. The van der Waals surface area contributed by atoms with Crippen molar-refractivity contribution in [3.63, 3.8) is 0 Å². The minimum atomic E-state index is -0.389. The number of nitrogens with zero attached hydrogens (tertiary/aromatic N) is 1. The molecule has 0 aromatic heterocycles. The topological polar surface area (TPSA) is 41.9 Å². The number of β-amino-alcohol motifs (C(OH)–C–C–N with tert-alkyl or cyclic N) is 1. The summed E-state index contributed by atoms with van der Waals surface area (Å²) in [4.78, 5) is 2.37. The van der Waals surface area contributed by atoms with E-state index in [2.05, 4.69) is 11.8 Å². The standard InChI is InChI=1S/C14H29NO3/c1-4-13-6-5-7-15(8-13)9-14(16)11-18-12(2)10-17-3/h12-14,16H,4-11H2,1-3H3. The molecule has 0 saturated carbocycles. The summed E-state index contributed by atoms with van der Waals surface area (Å²) in [7, 11) is 1.66. The highest BCUT2D eigenvalue weighted by Gasteiger charge is 2.20. The van der Waals surface area contributed by atoms with Gasteiger partial charge >= 0.3 is 0 Å². The summed E-state index contributed by atoms with van der Waals surface area (Å²) in [6.07, 6.45) is 3.50. The van der Waals surface area contributed by atoms with Crippen molar-refractivity contribution in [2.75, 3.05) is 40.0 Å². The van der Waals surface area contributed by atoms with Crippen LogP contribution in [0.25, 0.3) is 0 Å². The molecule has 1 N–H and O–H groups in total. The molecule has 1 saturated heterocycles. The van der Waals surface area contributed by atoms with E-state index in [1.807, 2.05) is 6.92 Å². The highest BCUT2D eigenvalue weighted by molar-refractivity contribution is 4.74. The van der Waals surface area contributed by atoms with Crippen molar-refractivity contribution in [3.8, 4) is 0 Å². The first-order valence-corrected chi connectivity index (χ1v) is 7.16. The number of hydrogen-bond donors (Lipinski definition) is 1. The molecule has 3 unspecified atom stereocenters. The lowest BCUT2D eigenvalue weighted by atomic mass is 9.95. The maximum atomic E-state index is 9.97. The number of likely N-dealkylation sites (tertiary alicyclic amines) is 1. The van der Waals surface area contributed by atoms with Crippen LogP contribution in [-0.2, 0) is 9.47 Å². The van der Waals surface area contributed by atoms with Gasteiger partial charge in [-0.3, -0.25) is 0 Å². The molecule has 0 aromatic rings. The Morgan fingerprint density at radius 3 is 2.83 bits per heavy atom. The Morgan fingerprint density at radius 1 is 1.39 bits per heavy atom. The summed E-state index contributed by atoms with van der Waals surface area (Å²) < 4.78 is 10.5. The third-order valence-electron chi connectivity index (χ3n) is 3.62. The fourth-order valence-corrected chi connectivity index (χ4v) is 2.56. The molecule has 1 aliphatic rings. The second kappa shape index (κ2) is 8.86. The summed E-state index contributed by atoms with van der Waals surface area (Å²) in [6.45, 7) is 8.16. The van der Waals surface area contributed by atoms with Gasteiger partial charge < -0.3 is 19.5 Å². The van der Waals surface area contributed by atoms with E-state index >= 15 is 0 Å². The molecule has 4 nitrogen and oxygen atoms in total. The molecular weight excluding hydrogens is 230 g/mol. The number of rotatable bonds is 8. The fraction of sp³-hybridized carbons (Fsp3) is 1.00. The van der Waals surface area contributed by atoms with E-state index in [0.717, 1.165) is 25.6 Å². The van der Waals surface area contributed by atoms with Crippen molar-refractivity contribution in [3.05, 3.63) is 0 Å². The monoisotopic (exact) mass is 259 g/mol. The Balaban J connectivity index is 2.16. The molecule has 0 spiro atoms. The number of methoxy groups -OCH3 is 1. The van der Waals surface area contributed by atoms with Gasteiger partial charge in [0, 0.05) is 20.2 Å². The Bertz CT molecular complexity index is 213. The number of piperidine rings is 1. The van der Waals surface area contributed by atoms with Crippen LogP contribution in [0.2, 0.25) is 0 Å². The molecule has 3 atom stereocenters. The minimum absolute atomic E-state index is 0.0504. The molecule has 1 rings (SSSR count). The van der Waals surface area contributed by atoms with E-state index in [4.69, 9.17) is 9.47 Å². The first-order valence-electron chi connectivity index (χ1n) is 7.16. The van der Waals surface area contributed by atoms with Gasteiger partial charge in [-0.15, -0.1) is 0 Å². The maximum absolute atomic E-state index is 9.97. The van der Waals surface area contributed by atoms with Gasteiger partial charge in [0.2, 0.25) is 0 Å². The molecule has 0 amide bonds. The van der Waals surface area contributed by atoms with E-state index in [0.29, 0.717) is 13.2 Å². The van der Waals surface area contributed by atoms with Crippen LogP contribution in [0.5, 0.6) is 0 Å². The van der Waals surface area contributed by atoms with Crippen molar-refractivity contribution in [2.45, 2.75) is 45.3 Å². The molecule has 0 aromatic carbocycles. The Labute approximate surface area is 111 Å². The zero-order valence-electron chi connectivity index (χ0n) is 12.1. The smallest absolute Gasteiger partial charge is 0.0900 e. The van der Waals surface area contributed by atoms with Crippen molar-refractivity contribution in [2.24, 2.45) is 5.92 Å². The lowest BCUT2D eigenvalue weighted by Gasteiger charge is -2.33. The molecule has 0 bridgehead atoms. The van der Waals surface area contributed by atoms with Crippen molar-refractivity contribution in [1.82, 2.24) is 4.90 Å². The van der Waals surface area contributed by atoms with Gasteiger partial charge in [-0.1, -0.05) is 13.3 Å². The van der Waals surface area contributed by atoms with Crippen molar-refractivity contribution < 1.29 is 14.6 Å². The number of aliphatic hydroxyl groups is 1. The average Bonchev–Trinajstić information content (AvgIpc) is 2.37. The summed E-state index contributed by atoms with van der Waals surface area (Å²) >= 11 is 0. The first kappa shape index (κ1) is 15.9. The van der Waals surface area contributed by atoms with Gasteiger partial charge in [0.25, 0.3) is 0 Å². The lowest BCUT2D eigenvalue weighted by molar-refractivity contribution is -0.0423. The zero-order chi connectivity index (χ0) is 13.4. The van der Waals surface area contributed by atoms with E-state index < -0.39 is 0 Å². The average molecular weight is 259 g/mol. The van der Waals surface area contributed by atoms with Crippen LogP contribution >= 0.6 is 0 Å². The van der Waals surface area contributed by atoms with Gasteiger partial charge in [0.15, 0.2) is 0 Å². The molecule has 1 fully saturated rings. The third-order valence-corrected chi connectivity index (χ3v) is 3.62. The predicted octanol–water partition coefficient (Wildman–Crippen LogP) is 1.52. The summed E-state index contributed by atoms with van der Waals surface area (Å²) in [5, 5.41) is 9.97. The first-order chi connectivity index (χ1) is 8.65. The molecule has 4 heteroatoms. The quantitative estimate of drug-likeness (QED) is 0.717. The van der Waals surface area contributed by atoms with E-state index in [-0.39, 0.29) is 12.2 Å². The van der Waals surface area contributed by atoms with E-state index in [9.17, 15) is 5.11 Å². The molecule has 1 heterocycles. The summed E-state index contributed by atoms with van der Waals surface area (Å²) in [5.74, 6) is 0.805. The van der Waals surface area contributed by atoms with E-state index in [1.165, 1.54) is 19.3 Å². The molecule has 0 radical (unpaired) electrons. The summed E-state index contributed by atoms with van der Waals surface area (Å²) in [6, 6.07) is 0. The van der Waals surface area contributed by atoms with Gasteiger partial charge in [-0.25, -0.2) is 0 Å². The third kappa shape index (κ3) is 6.14. The van der Waals surface area contributed by atoms with Crippen molar-refractivity contribution >= 4 is 0 Å². The van der Waals surface area contributed by atoms with Crippen LogP contribution in [-0.4, -0.2) is 62.2 Å². The Hall–Kier alpha value is -0.160. The molecule has 0 aliphatic carbocycles. The predicted molar refractivity (Wildman–Crippen MR) is 72.8 cm³/mol. The Morgan fingerprint density at radius 2 is 2.17 bits per heavy atom. The number of ether oxygens (including phenoxy) is 2. The molecule has 108 valence electrons. The normalized spacial score (nSPS) is 25.0. The second-order valence-corrected chi connectivity index (χ2v) is 5.43.